The average molecular weight is 326 g/mol. The Morgan fingerprint density at radius 1 is 0.952 bits per heavy atom. The van der Waals surface area contributed by atoms with E-state index in [0.29, 0.717) is 5.92 Å². The second-order valence-electron chi connectivity index (χ2n) is 5.85. The molecule has 0 radical (unpaired) electrons. The van der Waals surface area contributed by atoms with Gasteiger partial charge in [0, 0.05) is 23.2 Å². The Kier molecular flexibility index (Phi) is 5.42. The summed E-state index contributed by atoms with van der Waals surface area (Å²) in [5.74, 6) is 1.37. The van der Waals surface area contributed by atoms with Gasteiger partial charge in [-0.2, -0.15) is 0 Å². The van der Waals surface area contributed by atoms with Crippen LogP contribution in [0, 0.1) is 0 Å². The van der Waals surface area contributed by atoms with Gasteiger partial charge >= 0.3 is 0 Å². The smallest absolute Gasteiger partial charge is 0.159 e. The highest BCUT2D eigenvalue weighted by molar-refractivity contribution is 5.85. The van der Waals surface area contributed by atoms with E-state index in [2.05, 4.69) is 28.5 Å². The molecule has 0 spiro atoms. The van der Waals surface area contributed by atoms with Crippen molar-refractivity contribution in [1.29, 1.82) is 0 Å². The second kappa shape index (κ2) is 6.91. The van der Waals surface area contributed by atoms with Crippen molar-refractivity contribution in [1.82, 2.24) is 15.3 Å². The molecule has 3 nitrogen and oxygen atoms in total. The van der Waals surface area contributed by atoms with Crippen molar-refractivity contribution < 1.29 is 0 Å². The Hall–Kier alpha value is -0.900. The number of pyridine rings is 2. The quantitative estimate of drug-likeness (QED) is 0.912. The monoisotopic (exact) mass is 325 g/mol. The van der Waals surface area contributed by atoms with E-state index in [4.69, 9.17) is 4.98 Å². The van der Waals surface area contributed by atoms with Crippen LogP contribution in [0.5, 0.6) is 0 Å². The molecule has 0 amide bonds. The number of fused-ring (bicyclic) bond motifs is 1. The maximum absolute atomic E-state index is 4.78. The summed E-state index contributed by atoms with van der Waals surface area (Å²) in [6.07, 6.45) is 7.07. The molecule has 0 atom stereocenters. The van der Waals surface area contributed by atoms with Gasteiger partial charge in [-0.25, -0.2) is 9.97 Å². The zero-order chi connectivity index (χ0) is 12.7. The molecule has 1 saturated heterocycles. The highest BCUT2D eigenvalue weighted by Crippen LogP contribution is 2.40. The molecule has 1 N–H and O–H groups in total. The molecule has 1 saturated carbocycles. The maximum atomic E-state index is 4.78. The normalized spacial score (nSPS) is 18.9. The third kappa shape index (κ3) is 3.47. The molecule has 0 unspecified atom stereocenters. The fraction of sp³-hybridized carbons (Fsp3) is 0.500. The van der Waals surface area contributed by atoms with Crippen LogP contribution < -0.4 is 5.32 Å². The number of piperidine rings is 1. The van der Waals surface area contributed by atoms with Gasteiger partial charge in [-0.3, -0.25) is 0 Å². The van der Waals surface area contributed by atoms with Crippen LogP contribution in [0.25, 0.3) is 11.0 Å². The van der Waals surface area contributed by atoms with Crippen LogP contribution in [-0.4, -0.2) is 23.1 Å². The molecule has 2 aromatic rings. The molecule has 2 aliphatic rings. The van der Waals surface area contributed by atoms with Crippen molar-refractivity contribution in [2.75, 3.05) is 13.1 Å². The van der Waals surface area contributed by atoms with E-state index in [-0.39, 0.29) is 24.8 Å². The largest absolute Gasteiger partial charge is 0.317 e. The summed E-state index contributed by atoms with van der Waals surface area (Å²) >= 11 is 0. The first-order valence-electron chi connectivity index (χ1n) is 7.37. The third-order valence-electron chi connectivity index (χ3n) is 4.39. The summed E-state index contributed by atoms with van der Waals surface area (Å²) in [5.41, 5.74) is 3.53. The number of hydrogen-bond donors (Lipinski definition) is 1. The van der Waals surface area contributed by atoms with E-state index in [9.17, 15) is 0 Å². The van der Waals surface area contributed by atoms with Gasteiger partial charge in [0.15, 0.2) is 5.65 Å². The van der Waals surface area contributed by atoms with Crippen molar-refractivity contribution in [3.8, 4) is 0 Å². The Balaban J connectivity index is 0.000000807. The second-order valence-corrected chi connectivity index (χ2v) is 5.85. The molecule has 4 rings (SSSR count). The first-order valence-corrected chi connectivity index (χ1v) is 7.37. The maximum Gasteiger partial charge on any atom is 0.159 e. The van der Waals surface area contributed by atoms with Gasteiger partial charge in [0.2, 0.25) is 0 Å². The van der Waals surface area contributed by atoms with Gasteiger partial charge in [-0.1, -0.05) is 0 Å². The lowest BCUT2D eigenvalue weighted by atomic mass is 9.94. The summed E-state index contributed by atoms with van der Waals surface area (Å²) in [7, 11) is 0. The van der Waals surface area contributed by atoms with Crippen LogP contribution in [0.1, 0.15) is 48.8 Å². The van der Waals surface area contributed by atoms with Crippen molar-refractivity contribution in [2.24, 2.45) is 0 Å². The fourth-order valence-corrected chi connectivity index (χ4v) is 3.03. The lowest BCUT2D eigenvalue weighted by molar-refractivity contribution is 0.454. The van der Waals surface area contributed by atoms with E-state index < -0.39 is 0 Å². The number of nitrogens with one attached hydrogen (secondary N) is 1. The van der Waals surface area contributed by atoms with Crippen molar-refractivity contribution >= 4 is 35.8 Å². The molecule has 2 aromatic heterocycles. The first kappa shape index (κ1) is 16.5. The van der Waals surface area contributed by atoms with Crippen molar-refractivity contribution in [3.05, 3.63) is 35.7 Å². The minimum Gasteiger partial charge on any atom is -0.317 e. The van der Waals surface area contributed by atoms with Crippen LogP contribution >= 0.6 is 24.8 Å². The topological polar surface area (TPSA) is 37.8 Å². The minimum absolute atomic E-state index is 0. The molecular weight excluding hydrogens is 305 g/mol. The van der Waals surface area contributed by atoms with Crippen molar-refractivity contribution in [2.45, 2.75) is 37.5 Å². The number of nitrogens with zero attached hydrogens (tertiary/aromatic N) is 2. The molecule has 2 fully saturated rings. The van der Waals surface area contributed by atoms with E-state index in [0.717, 1.165) is 24.7 Å². The van der Waals surface area contributed by atoms with Gasteiger partial charge in [0.25, 0.3) is 0 Å². The summed E-state index contributed by atoms with van der Waals surface area (Å²) < 4.78 is 0. The fourth-order valence-electron chi connectivity index (χ4n) is 3.03. The minimum atomic E-state index is 0. The lowest BCUT2D eigenvalue weighted by Crippen LogP contribution is -2.27. The highest BCUT2D eigenvalue weighted by atomic mass is 35.5. The summed E-state index contributed by atoms with van der Waals surface area (Å²) in [6, 6.07) is 6.69. The predicted molar refractivity (Wildman–Crippen MR) is 90.9 cm³/mol. The van der Waals surface area contributed by atoms with Crippen LogP contribution in [0.15, 0.2) is 24.4 Å². The molecule has 5 heteroatoms. The lowest BCUT2D eigenvalue weighted by Gasteiger charge is -2.22. The Morgan fingerprint density at radius 3 is 2.43 bits per heavy atom. The Labute approximate surface area is 137 Å². The van der Waals surface area contributed by atoms with E-state index in [1.54, 1.807) is 0 Å². The van der Waals surface area contributed by atoms with Crippen LogP contribution in [-0.2, 0) is 0 Å². The highest BCUT2D eigenvalue weighted by Gasteiger charge is 2.24. The molecular formula is C16H21Cl2N3. The zero-order valence-electron chi connectivity index (χ0n) is 11.9. The van der Waals surface area contributed by atoms with E-state index in [1.807, 2.05) is 6.20 Å². The molecule has 0 bridgehead atoms. The summed E-state index contributed by atoms with van der Waals surface area (Å²) in [6.45, 7) is 2.22. The third-order valence-corrected chi connectivity index (χ3v) is 4.39. The van der Waals surface area contributed by atoms with Crippen LogP contribution in [0.4, 0.5) is 0 Å². The molecule has 114 valence electrons. The Morgan fingerprint density at radius 2 is 1.71 bits per heavy atom. The van der Waals surface area contributed by atoms with Crippen LogP contribution in [0.3, 0.4) is 0 Å². The molecule has 0 aromatic carbocycles. The number of hydrogen-bond acceptors (Lipinski definition) is 3. The summed E-state index contributed by atoms with van der Waals surface area (Å²) in [5, 5.41) is 4.60. The van der Waals surface area contributed by atoms with E-state index >= 15 is 0 Å². The molecule has 1 aliphatic heterocycles. The molecule has 1 aliphatic carbocycles. The van der Waals surface area contributed by atoms with Gasteiger partial charge in [0.1, 0.15) is 0 Å². The van der Waals surface area contributed by atoms with Gasteiger partial charge in [-0.05, 0) is 68.5 Å². The molecule has 21 heavy (non-hydrogen) atoms. The van der Waals surface area contributed by atoms with Crippen molar-refractivity contribution in [3.63, 3.8) is 0 Å². The predicted octanol–water partition coefficient (Wildman–Crippen LogP) is 3.82. The average Bonchev–Trinajstić information content (AvgIpc) is 3.32. The molecule has 3 heterocycles. The zero-order valence-corrected chi connectivity index (χ0v) is 13.6. The first-order chi connectivity index (χ1) is 9.40. The number of halogens is 2. The summed E-state index contributed by atoms with van der Waals surface area (Å²) in [4.78, 5) is 9.35. The SMILES string of the molecule is Cl.Cl.c1nc2nc(C3CCNCC3)ccc2cc1C1CC1. The van der Waals surface area contributed by atoms with Gasteiger partial charge in [-0.15, -0.1) is 24.8 Å². The Bertz CT molecular complexity index is 607. The van der Waals surface area contributed by atoms with Crippen LogP contribution in [0.2, 0.25) is 0 Å². The van der Waals surface area contributed by atoms with Gasteiger partial charge in [0.05, 0.1) is 0 Å². The van der Waals surface area contributed by atoms with Gasteiger partial charge < -0.3 is 5.32 Å². The van der Waals surface area contributed by atoms with E-state index in [1.165, 1.54) is 42.3 Å². The number of rotatable bonds is 2. The number of aromatic nitrogens is 2. The standard InChI is InChI=1S/C16H19N3.2ClH/c1-2-11(1)14-9-13-3-4-15(19-16(13)18-10-14)12-5-7-17-8-6-12;;/h3-4,9-12,17H,1-2,5-8H2;2*1H.